The molecule has 4 aromatic rings. The Balaban J connectivity index is 1.55. The van der Waals surface area contributed by atoms with E-state index in [2.05, 4.69) is 25.5 Å². The van der Waals surface area contributed by atoms with Crippen molar-refractivity contribution < 1.29 is 9.53 Å². The molecule has 4 heterocycles. The van der Waals surface area contributed by atoms with Gasteiger partial charge in [-0.2, -0.15) is 0 Å². The number of carbonyl (C=O) groups excluding carboxylic acids is 1. The van der Waals surface area contributed by atoms with E-state index >= 15 is 0 Å². The Kier molecular flexibility index (Phi) is 5.14. The molecule has 1 amide bonds. The Hall–Kier alpha value is -4.01. The molecule has 9 heteroatoms. The van der Waals surface area contributed by atoms with Gasteiger partial charge in [0.1, 0.15) is 23.6 Å². The van der Waals surface area contributed by atoms with Gasteiger partial charge in [0.15, 0.2) is 5.82 Å². The molecule has 0 saturated heterocycles. The number of benzene rings is 1. The van der Waals surface area contributed by atoms with E-state index in [1.165, 1.54) is 0 Å². The first-order valence-electron chi connectivity index (χ1n) is 10.5. The molecule has 32 heavy (non-hydrogen) atoms. The number of carbonyl (C=O) groups is 1. The van der Waals surface area contributed by atoms with Crippen molar-refractivity contribution in [3.63, 3.8) is 0 Å². The molecule has 0 fully saturated rings. The molecule has 0 spiro atoms. The molecule has 0 aliphatic carbocycles. The van der Waals surface area contributed by atoms with Crippen molar-refractivity contribution >= 4 is 11.7 Å². The van der Waals surface area contributed by atoms with Crippen LogP contribution in [0.4, 0.5) is 5.82 Å². The zero-order valence-electron chi connectivity index (χ0n) is 17.9. The van der Waals surface area contributed by atoms with Gasteiger partial charge in [0, 0.05) is 17.9 Å². The predicted octanol–water partition coefficient (Wildman–Crippen LogP) is 3.57. The van der Waals surface area contributed by atoms with E-state index in [-0.39, 0.29) is 5.91 Å². The molecule has 1 aliphatic rings. The molecule has 9 nitrogen and oxygen atoms in total. The molecule has 0 atom stereocenters. The van der Waals surface area contributed by atoms with Gasteiger partial charge in [0.25, 0.3) is 5.91 Å². The summed E-state index contributed by atoms with van der Waals surface area (Å²) in [6.45, 7) is 5.22. The van der Waals surface area contributed by atoms with Crippen LogP contribution in [-0.2, 0) is 6.54 Å². The van der Waals surface area contributed by atoms with Gasteiger partial charge in [-0.05, 0) is 57.0 Å². The Morgan fingerprint density at radius 1 is 1.09 bits per heavy atom. The fourth-order valence-electron chi connectivity index (χ4n) is 3.73. The number of imidazole rings is 1. The van der Waals surface area contributed by atoms with E-state index in [0.717, 1.165) is 36.5 Å². The van der Waals surface area contributed by atoms with Crippen molar-refractivity contribution in [2.45, 2.75) is 33.2 Å². The van der Waals surface area contributed by atoms with E-state index in [1.807, 2.05) is 53.3 Å². The maximum absolute atomic E-state index is 13.3. The highest BCUT2D eigenvalue weighted by Gasteiger charge is 2.18. The van der Waals surface area contributed by atoms with Crippen molar-refractivity contribution in [1.29, 1.82) is 0 Å². The van der Waals surface area contributed by atoms with E-state index in [4.69, 9.17) is 4.74 Å². The van der Waals surface area contributed by atoms with Crippen molar-refractivity contribution in [3.05, 3.63) is 66.0 Å². The minimum atomic E-state index is -0.292. The summed E-state index contributed by atoms with van der Waals surface area (Å²) < 4.78 is 9.93. The lowest BCUT2D eigenvalue weighted by Crippen LogP contribution is -2.16. The number of fused-ring (bicyclic) bond motifs is 5. The average Bonchev–Trinajstić information content (AvgIpc) is 3.40. The lowest BCUT2D eigenvalue weighted by atomic mass is 10.1. The molecule has 1 N–H and O–H groups in total. The van der Waals surface area contributed by atoms with Crippen LogP contribution in [0.25, 0.3) is 17.2 Å². The third-order valence-corrected chi connectivity index (χ3v) is 5.62. The first kappa shape index (κ1) is 19.9. The van der Waals surface area contributed by atoms with Gasteiger partial charge >= 0.3 is 0 Å². The number of nitrogens with one attached hydrogen (secondary N) is 1. The zero-order valence-corrected chi connectivity index (χ0v) is 17.9. The Morgan fingerprint density at radius 2 is 2.00 bits per heavy atom. The van der Waals surface area contributed by atoms with Gasteiger partial charge in [-0.25, -0.2) is 9.97 Å². The first-order valence-corrected chi connectivity index (χ1v) is 10.5. The number of amides is 1. The molecule has 1 aromatic carbocycles. The number of pyridine rings is 1. The molecular weight excluding hydrogens is 406 g/mol. The van der Waals surface area contributed by atoms with E-state index in [1.54, 1.807) is 18.7 Å². The van der Waals surface area contributed by atoms with Gasteiger partial charge < -0.3 is 19.2 Å². The standard InChI is InChI=1S/C23H23N7O2/c1-15-16(2)30(13-24-15)17-8-9-20-18(12-17)23(31)27-21-7-5-6-19(26-21)22-28-25-14-29(22)10-3-4-11-32-20/h5-9,12-14H,3-4,10-11H2,1-2H3,(H,26,27,31). The van der Waals surface area contributed by atoms with Crippen LogP contribution in [-0.4, -0.2) is 41.8 Å². The second kappa shape index (κ2) is 8.26. The van der Waals surface area contributed by atoms with Crippen molar-refractivity contribution in [2.75, 3.05) is 11.9 Å². The summed E-state index contributed by atoms with van der Waals surface area (Å²) in [4.78, 5) is 22.2. The second-order valence-electron chi connectivity index (χ2n) is 7.73. The maximum Gasteiger partial charge on any atom is 0.260 e. The SMILES string of the molecule is Cc1ncn(-c2ccc3c(c2)C(=O)Nc2cccc(n2)-c2nncn2CCCCO3)c1C. The normalized spacial score (nSPS) is 14.0. The number of anilines is 1. The third kappa shape index (κ3) is 3.73. The van der Waals surface area contributed by atoms with Crippen LogP contribution < -0.4 is 10.1 Å². The Labute approximate surface area is 185 Å². The Morgan fingerprint density at radius 3 is 2.84 bits per heavy atom. The average molecular weight is 429 g/mol. The minimum Gasteiger partial charge on any atom is -0.493 e. The van der Waals surface area contributed by atoms with Crippen molar-refractivity contribution in [2.24, 2.45) is 0 Å². The summed E-state index contributed by atoms with van der Waals surface area (Å²) >= 11 is 0. The topological polar surface area (TPSA) is 99.8 Å². The summed E-state index contributed by atoms with van der Waals surface area (Å²) in [6.07, 6.45) is 5.17. The largest absolute Gasteiger partial charge is 0.493 e. The molecule has 0 unspecified atom stereocenters. The van der Waals surface area contributed by atoms with Crippen LogP contribution in [0.1, 0.15) is 34.6 Å². The van der Waals surface area contributed by atoms with Crippen LogP contribution in [0.15, 0.2) is 49.1 Å². The summed E-state index contributed by atoms with van der Waals surface area (Å²) in [7, 11) is 0. The number of hydrogen-bond donors (Lipinski definition) is 1. The van der Waals surface area contributed by atoms with Crippen LogP contribution in [0.5, 0.6) is 5.75 Å². The highest BCUT2D eigenvalue weighted by atomic mass is 16.5. The number of ether oxygens (including phenoxy) is 1. The van der Waals surface area contributed by atoms with Crippen LogP contribution in [0, 0.1) is 13.8 Å². The Bertz CT molecular complexity index is 1290. The van der Waals surface area contributed by atoms with Crippen molar-refractivity contribution in [3.8, 4) is 23.0 Å². The molecule has 162 valence electrons. The van der Waals surface area contributed by atoms with Crippen molar-refractivity contribution in [1.82, 2.24) is 29.3 Å². The van der Waals surface area contributed by atoms with Crippen LogP contribution in [0.3, 0.4) is 0 Å². The molecule has 0 radical (unpaired) electrons. The molecular formula is C23H23N7O2. The van der Waals surface area contributed by atoms with Gasteiger partial charge in [0.2, 0.25) is 0 Å². The molecule has 3 aromatic heterocycles. The minimum absolute atomic E-state index is 0.292. The first-order chi connectivity index (χ1) is 15.6. The second-order valence-corrected chi connectivity index (χ2v) is 7.73. The summed E-state index contributed by atoms with van der Waals surface area (Å²) in [5.74, 6) is 1.36. The summed E-state index contributed by atoms with van der Waals surface area (Å²) in [5, 5.41) is 11.1. The smallest absolute Gasteiger partial charge is 0.260 e. The number of aryl methyl sites for hydroxylation is 2. The van der Waals surface area contributed by atoms with Gasteiger partial charge in [-0.3, -0.25) is 4.79 Å². The predicted molar refractivity (Wildman–Crippen MR) is 119 cm³/mol. The van der Waals surface area contributed by atoms with E-state index in [9.17, 15) is 4.79 Å². The molecule has 0 saturated carbocycles. The number of hydrogen-bond acceptors (Lipinski definition) is 6. The highest BCUT2D eigenvalue weighted by Crippen LogP contribution is 2.26. The summed E-state index contributed by atoms with van der Waals surface area (Å²) in [5.41, 5.74) is 3.91. The lowest BCUT2D eigenvalue weighted by Gasteiger charge is -2.15. The van der Waals surface area contributed by atoms with E-state index < -0.39 is 0 Å². The number of rotatable bonds is 1. The number of aromatic nitrogens is 6. The van der Waals surface area contributed by atoms with Crippen LogP contribution >= 0.6 is 0 Å². The quantitative estimate of drug-likeness (QED) is 0.497. The molecule has 1 aliphatic heterocycles. The molecule has 2 bridgehead atoms. The zero-order chi connectivity index (χ0) is 22.1. The van der Waals surface area contributed by atoms with Gasteiger partial charge in [-0.1, -0.05) is 6.07 Å². The van der Waals surface area contributed by atoms with Gasteiger partial charge in [0.05, 0.1) is 24.2 Å². The van der Waals surface area contributed by atoms with Crippen LogP contribution in [0.2, 0.25) is 0 Å². The summed E-state index contributed by atoms with van der Waals surface area (Å²) in [6, 6.07) is 11.1. The van der Waals surface area contributed by atoms with Gasteiger partial charge in [-0.15, -0.1) is 10.2 Å². The fourth-order valence-corrected chi connectivity index (χ4v) is 3.73. The molecule has 5 rings (SSSR count). The van der Waals surface area contributed by atoms with E-state index in [0.29, 0.717) is 35.3 Å². The lowest BCUT2D eigenvalue weighted by molar-refractivity contribution is 0.102. The monoisotopic (exact) mass is 429 g/mol. The third-order valence-electron chi connectivity index (χ3n) is 5.62. The highest BCUT2D eigenvalue weighted by molar-refractivity contribution is 6.06. The maximum atomic E-state index is 13.3. The fraction of sp³-hybridized carbons (Fsp3) is 0.261. The number of nitrogens with zero attached hydrogens (tertiary/aromatic N) is 6.